The normalized spacial score (nSPS) is 11.2. The molecule has 0 saturated heterocycles. The summed E-state index contributed by atoms with van der Waals surface area (Å²) < 4.78 is 51.0. The van der Waals surface area contributed by atoms with E-state index in [1.54, 1.807) is 49.4 Å². The van der Waals surface area contributed by atoms with Gasteiger partial charge in [0.2, 0.25) is 10.0 Å². The molecule has 0 bridgehead atoms. The van der Waals surface area contributed by atoms with E-state index >= 15 is 0 Å². The maximum Gasteiger partial charge on any atom is 0.338 e. The molecule has 3 rings (SSSR count). The summed E-state index contributed by atoms with van der Waals surface area (Å²) in [6.07, 6.45) is 0. The van der Waals surface area contributed by atoms with Gasteiger partial charge < -0.3 is 9.47 Å². The van der Waals surface area contributed by atoms with E-state index in [2.05, 4.69) is 4.72 Å². The maximum absolute atomic E-state index is 12.9. The van der Waals surface area contributed by atoms with Crippen LogP contribution in [0.5, 0.6) is 5.75 Å². The summed E-state index contributed by atoms with van der Waals surface area (Å²) in [4.78, 5) is 11.8. The van der Waals surface area contributed by atoms with E-state index in [1.807, 2.05) is 0 Å². The lowest BCUT2D eigenvalue weighted by Crippen LogP contribution is -2.23. The highest BCUT2D eigenvalue weighted by atomic mass is 32.2. The van der Waals surface area contributed by atoms with E-state index in [9.17, 15) is 17.6 Å². The Bertz CT molecular complexity index is 1160. The van der Waals surface area contributed by atoms with Crippen LogP contribution in [0.4, 0.5) is 4.39 Å². The Hall–Kier alpha value is -3.23. The summed E-state index contributed by atoms with van der Waals surface area (Å²) in [5.74, 6) is -0.286. The minimum absolute atomic E-state index is 0.0160. The van der Waals surface area contributed by atoms with Crippen molar-refractivity contribution in [1.82, 2.24) is 4.72 Å². The molecule has 0 spiro atoms. The zero-order valence-corrected chi connectivity index (χ0v) is 17.9. The van der Waals surface area contributed by atoms with Crippen molar-refractivity contribution in [2.75, 3.05) is 7.11 Å². The van der Waals surface area contributed by atoms with Crippen LogP contribution in [0.15, 0.2) is 71.6 Å². The number of benzene rings is 3. The third-order valence-electron chi connectivity index (χ3n) is 4.63. The van der Waals surface area contributed by atoms with Gasteiger partial charge in [-0.2, -0.15) is 0 Å². The van der Waals surface area contributed by atoms with Gasteiger partial charge in [-0.1, -0.05) is 30.3 Å². The van der Waals surface area contributed by atoms with Gasteiger partial charge in [0.05, 0.1) is 17.6 Å². The molecular formula is C23H22FNO5S. The van der Waals surface area contributed by atoms with Crippen molar-refractivity contribution in [2.45, 2.75) is 25.0 Å². The monoisotopic (exact) mass is 443 g/mol. The zero-order chi connectivity index (χ0) is 22.4. The third-order valence-corrected chi connectivity index (χ3v) is 6.03. The molecule has 0 unspecified atom stereocenters. The number of halogens is 1. The van der Waals surface area contributed by atoms with Gasteiger partial charge in [-0.05, 0) is 60.0 Å². The Kier molecular flexibility index (Phi) is 7.04. The zero-order valence-electron chi connectivity index (χ0n) is 17.1. The fraction of sp³-hybridized carbons (Fsp3) is 0.174. The minimum Gasteiger partial charge on any atom is -0.489 e. The summed E-state index contributed by atoms with van der Waals surface area (Å²) >= 11 is 0. The molecule has 0 atom stereocenters. The van der Waals surface area contributed by atoms with Crippen LogP contribution in [-0.4, -0.2) is 21.5 Å². The van der Waals surface area contributed by atoms with Crippen molar-refractivity contribution in [1.29, 1.82) is 0 Å². The van der Waals surface area contributed by atoms with E-state index < -0.39 is 16.0 Å². The topological polar surface area (TPSA) is 81.7 Å². The Labute approximate surface area is 180 Å². The number of carbonyl (C=O) groups is 1. The van der Waals surface area contributed by atoms with Crippen LogP contribution in [0, 0.1) is 12.7 Å². The smallest absolute Gasteiger partial charge is 0.338 e. The summed E-state index contributed by atoms with van der Waals surface area (Å²) in [5.41, 5.74) is 2.40. The fourth-order valence-corrected chi connectivity index (χ4v) is 3.85. The second-order valence-corrected chi connectivity index (χ2v) is 8.62. The molecule has 0 saturated carbocycles. The first-order chi connectivity index (χ1) is 14.8. The van der Waals surface area contributed by atoms with Gasteiger partial charge in [0.15, 0.2) is 0 Å². The van der Waals surface area contributed by atoms with Crippen LogP contribution in [-0.2, 0) is 27.9 Å². The predicted octanol–water partition coefficient (Wildman–Crippen LogP) is 3.98. The van der Waals surface area contributed by atoms with Gasteiger partial charge in [-0.15, -0.1) is 0 Å². The molecule has 0 amide bonds. The number of hydrogen-bond acceptors (Lipinski definition) is 5. The molecule has 6 nitrogen and oxygen atoms in total. The van der Waals surface area contributed by atoms with E-state index in [4.69, 9.17) is 9.47 Å². The number of nitrogens with one attached hydrogen (secondary N) is 1. The quantitative estimate of drug-likeness (QED) is 0.533. The van der Waals surface area contributed by atoms with Crippen molar-refractivity contribution in [3.05, 3.63) is 94.8 Å². The highest BCUT2D eigenvalue weighted by molar-refractivity contribution is 7.89. The molecule has 0 aromatic heterocycles. The van der Waals surface area contributed by atoms with Crippen LogP contribution in [0.25, 0.3) is 0 Å². The second-order valence-electron chi connectivity index (χ2n) is 6.85. The van der Waals surface area contributed by atoms with Gasteiger partial charge in [-0.3, -0.25) is 0 Å². The van der Waals surface area contributed by atoms with Crippen LogP contribution in [0.1, 0.15) is 27.0 Å². The average molecular weight is 443 g/mol. The number of sulfonamides is 1. The number of ether oxygens (including phenoxy) is 2. The molecule has 0 aliphatic carbocycles. The molecule has 162 valence electrons. The molecule has 0 aliphatic heterocycles. The van der Waals surface area contributed by atoms with Crippen molar-refractivity contribution < 1.29 is 27.1 Å². The van der Waals surface area contributed by atoms with Gasteiger partial charge in [0.1, 0.15) is 18.2 Å². The Morgan fingerprint density at radius 2 is 1.61 bits per heavy atom. The minimum atomic E-state index is -3.82. The standard InChI is InChI=1S/C23H22FNO5S/c1-16-3-12-21(13-22(16)23(26)29-2)31(27,28)25-14-17-6-10-20(11-7-17)30-15-18-4-8-19(24)9-5-18/h3-13,25H,14-15H2,1-2H3. The highest BCUT2D eigenvalue weighted by Gasteiger charge is 2.18. The first-order valence-electron chi connectivity index (χ1n) is 9.43. The SMILES string of the molecule is COC(=O)c1cc(S(=O)(=O)NCc2ccc(OCc3ccc(F)cc3)cc2)ccc1C. The first-order valence-corrected chi connectivity index (χ1v) is 10.9. The summed E-state index contributed by atoms with van der Waals surface area (Å²) in [6, 6.07) is 17.3. The summed E-state index contributed by atoms with van der Waals surface area (Å²) in [6.45, 7) is 2.07. The number of carbonyl (C=O) groups excluding carboxylic acids is 1. The molecule has 1 N–H and O–H groups in total. The van der Waals surface area contributed by atoms with Gasteiger partial charge in [-0.25, -0.2) is 22.3 Å². The lowest BCUT2D eigenvalue weighted by atomic mass is 10.1. The van der Waals surface area contributed by atoms with E-state index in [0.29, 0.717) is 17.9 Å². The Morgan fingerprint density at radius 3 is 2.26 bits per heavy atom. The average Bonchev–Trinajstić information content (AvgIpc) is 2.77. The van der Waals surface area contributed by atoms with Crippen molar-refractivity contribution >= 4 is 16.0 Å². The van der Waals surface area contributed by atoms with Gasteiger partial charge in [0, 0.05) is 6.54 Å². The van der Waals surface area contributed by atoms with Crippen molar-refractivity contribution in [3.8, 4) is 5.75 Å². The number of methoxy groups -OCH3 is 1. The molecule has 3 aromatic carbocycles. The lowest BCUT2D eigenvalue weighted by Gasteiger charge is -2.11. The first kappa shape index (κ1) is 22.5. The van der Waals surface area contributed by atoms with Crippen LogP contribution >= 0.6 is 0 Å². The van der Waals surface area contributed by atoms with E-state index in [0.717, 1.165) is 11.1 Å². The van der Waals surface area contributed by atoms with Crippen molar-refractivity contribution in [3.63, 3.8) is 0 Å². The molecule has 8 heteroatoms. The number of hydrogen-bond donors (Lipinski definition) is 1. The van der Waals surface area contributed by atoms with E-state index in [1.165, 1.54) is 31.4 Å². The van der Waals surface area contributed by atoms with Gasteiger partial charge >= 0.3 is 5.97 Å². The van der Waals surface area contributed by atoms with E-state index in [-0.39, 0.29) is 22.8 Å². The number of aryl methyl sites for hydroxylation is 1. The predicted molar refractivity (Wildman–Crippen MR) is 114 cm³/mol. The molecular weight excluding hydrogens is 421 g/mol. The summed E-state index contributed by atoms with van der Waals surface area (Å²) in [7, 11) is -2.57. The maximum atomic E-state index is 12.9. The largest absolute Gasteiger partial charge is 0.489 e. The summed E-state index contributed by atoms with van der Waals surface area (Å²) in [5, 5.41) is 0. The van der Waals surface area contributed by atoms with Crippen LogP contribution in [0.3, 0.4) is 0 Å². The number of rotatable bonds is 8. The third kappa shape index (κ3) is 5.90. The molecule has 3 aromatic rings. The molecule has 0 heterocycles. The molecule has 0 fully saturated rings. The second kappa shape index (κ2) is 9.72. The van der Waals surface area contributed by atoms with Crippen molar-refractivity contribution in [2.24, 2.45) is 0 Å². The van der Waals surface area contributed by atoms with Crippen LogP contribution in [0.2, 0.25) is 0 Å². The molecule has 0 radical (unpaired) electrons. The Balaban J connectivity index is 1.61. The molecule has 0 aliphatic rings. The molecule has 31 heavy (non-hydrogen) atoms. The van der Waals surface area contributed by atoms with Gasteiger partial charge in [0.25, 0.3) is 0 Å². The highest BCUT2D eigenvalue weighted by Crippen LogP contribution is 2.18. The number of esters is 1. The Morgan fingerprint density at radius 1 is 0.968 bits per heavy atom. The lowest BCUT2D eigenvalue weighted by molar-refractivity contribution is 0.0599. The van der Waals surface area contributed by atoms with Crippen LogP contribution < -0.4 is 9.46 Å². The fourth-order valence-electron chi connectivity index (χ4n) is 2.81.